The fourth-order valence-corrected chi connectivity index (χ4v) is 3.98. The molecule has 0 saturated heterocycles. The highest BCUT2D eigenvalue weighted by molar-refractivity contribution is 6.32. The zero-order chi connectivity index (χ0) is 24.2. The molecule has 4 rings (SSSR count). The van der Waals surface area contributed by atoms with Crippen LogP contribution in [0.15, 0.2) is 71.9 Å². The zero-order valence-electron chi connectivity index (χ0n) is 17.8. The van der Waals surface area contributed by atoms with Gasteiger partial charge in [-0.05, 0) is 48.4 Å². The number of aromatic nitrogens is 2. The number of benzene rings is 2. The molecule has 10 heteroatoms. The number of nitrogens with zero attached hydrogens (tertiary/aromatic N) is 3. The molecule has 1 amide bonds. The number of nitrogens with one attached hydrogen (secondary N) is 1. The number of hydrogen-bond donors (Lipinski definition) is 3. The van der Waals surface area contributed by atoms with Crippen molar-refractivity contribution < 1.29 is 14.4 Å². The highest BCUT2D eigenvalue weighted by Gasteiger charge is 2.27. The largest absolute Gasteiger partial charge is 0.409 e. The first-order valence-electron chi connectivity index (χ1n) is 10.3. The molecule has 1 aromatic heterocycles. The van der Waals surface area contributed by atoms with E-state index in [4.69, 9.17) is 28.9 Å². The summed E-state index contributed by atoms with van der Waals surface area (Å²) < 4.78 is 14.9. The minimum absolute atomic E-state index is 0.0492. The van der Waals surface area contributed by atoms with E-state index in [1.807, 2.05) is 18.2 Å². The molecule has 2 aromatic carbocycles. The van der Waals surface area contributed by atoms with Crippen LogP contribution in [0.5, 0.6) is 0 Å². The second-order valence-electron chi connectivity index (χ2n) is 7.54. The van der Waals surface area contributed by atoms with Gasteiger partial charge in [-0.1, -0.05) is 47.1 Å². The number of rotatable bonds is 6. The maximum atomic E-state index is 13.3. The summed E-state index contributed by atoms with van der Waals surface area (Å²) in [6, 6.07) is 12.4. The summed E-state index contributed by atoms with van der Waals surface area (Å²) in [5, 5.41) is 19.9. The Labute approximate surface area is 205 Å². The van der Waals surface area contributed by atoms with Gasteiger partial charge in [0.15, 0.2) is 5.69 Å². The average molecular weight is 500 g/mol. The molecule has 1 unspecified atom stereocenters. The monoisotopic (exact) mass is 499 g/mol. The van der Waals surface area contributed by atoms with E-state index in [2.05, 4.69) is 15.6 Å². The predicted octanol–water partition coefficient (Wildman–Crippen LogP) is 5.16. The molecule has 34 heavy (non-hydrogen) atoms. The SMILES string of the molecule is N/C(Cc1c(C(=O)Nc2ccc(F)cc2)nn(-c2ccccc2Cl)c1C1=CCC(Cl)C=C1)=N/O. The van der Waals surface area contributed by atoms with E-state index in [0.717, 1.165) is 5.57 Å². The molecule has 3 aromatic rings. The lowest BCUT2D eigenvalue weighted by Gasteiger charge is -2.15. The van der Waals surface area contributed by atoms with Gasteiger partial charge in [-0.3, -0.25) is 4.79 Å². The fraction of sp³-hybridized carbons (Fsp3) is 0.125. The van der Waals surface area contributed by atoms with Gasteiger partial charge in [0.25, 0.3) is 5.91 Å². The molecule has 1 atom stereocenters. The van der Waals surface area contributed by atoms with Gasteiger partial charge in [-0.2, -0.15) is 5.10 Å². The molecule has 1 aliphatic rings. The summed E-state index contributed by atoms with van der Waals surface area (Å²) in [6.07, 6.45) is 6.12. The number of amidine groups is 1. The lowest BCUT2D eigenvalue weighted by Crippen LogP contribution is -2.20. The first-order valence-corrected chi connectivity index (χ1v) is 11.1. The molecule has 0 radical (unpaired) electrons. The molecule has 0 bridgehead atoms. The number of carbonyl (C=O) groups excluding carboxylic acids is 1. The fourth-order valence-electron chi connectivity index (χ4n) is 3.60. The van der Waals surface area contributed by atoms with E-state index < -0.39 is 11.7 Å². The van der Waals surface area contributed by atoms with Crippen molar-refractivity contribution >= 4 is 46.2 Å². The summed E-state index contributed by atoms with van der Waals surface area (Å²) in [5.41, 5.74) is 8.57. The Morgan fingerprint density at radius 1 is 1.26 bits per heavy atom. The molecule has 174 valence electrons. The van der Waals surface area contributed by atoms with Gasteiger partial charge in [0.05, 0.1) is 21.8 Å². The van der Waals surface area contributed by atoms with Crippen LogP contribution in [0.3, 0.4) is 0 Å². The molecular weight excluding hydrogens is 480 g/mol. The molecule has 0 aliphatic heterocycles. The molecule has 7 nitrogen and oxygen atoms in total. The summed E-state index contributed by atoms with van der Waals surface area (Å²) in [5.74, 6) is -1.08. The Balaban J connectivity index is 1.90. The minimum Gasteiger partial charge on any atom is -0.409 e. The quantitative estimate of drug-likeness (QED) is 0.143. The van der Waals surface area contributed by atoms with Crippen molar-refractivity contribution in [2.24, 2.45) is 10.9 Å². The highest BCUT2D eigenvalue weighted by Crippen LogP contribution is 2.33. The van der Waals surface area contributed by atoms with Gasteiger partial charge in [-0.15, -0.1) is 11.6 Å². The number of nitrogens with two attached hydrogens (primary N) is 1. The van der Waals surface area contributed by atoms with Crippen molar-refractivity contribution in [3.8, 4) is 5.69 Å². The average Bonchev–Trinajstić information content (AvgIpc) is 3.20. The second kappa shape index (κ2) is 10.1. The van der Waals surface area contributed by atoms with Crippen molar-refractivity contribution in [2.45, 2.75) is 18.2 Å². The molecule has 0 spiro atoms. The van der Waals surface area contributed by atoms with Crippen LogP contribution in [-0.2, 0) is 6.42 Å². The van der Waals surface area contributed by atoms with E-state index in [1.54, 1.807) is 28.9 Å². The van der Waals surface area contributed by atoms with Crippen LogP contribution < -0.4 is 11.1 Å². The highest BCUT2D eigenvalue weighted by atomic mass is 35.5. The molecular formula is C24H20Cl2FN5O2. The first-order chi connectivity index (χ1) is 16.4. The van der Waals surface area contributed by atoms with Gasteiger partial charge in [0.1, 0.15) is 11.7 Å². The normalized spacial score (nSPS) is 15.8. The van der Waals surface area contributed by atoms with Gasteiger partial charge >= 0.3 is 0 Å². The summed E-state index contributed by atoms with van der Waals surface area (Å²) in [4.78, 5) is 13.3. The zero-order valence-corrected chi connectivity index (χ0v) is 19.3. The Kier molecular flexibility index (Phi) is 7.00. The first kappa shape index (κ1) is 23.5. The van der Waals surface area contributed by atoms with E-state index in [9.17, 15) is 14.4 Å². The van der Waals surface area contributed by atoms with Gasteiger partial charge in [0, 0.05) is 17.7 Å². The summed E-state index contributed by atoms with van der Waals surface area (Å²) in [6.45, 7) is 0. The number of para-hydroxylation sites is 1. The van der Waals surface area contributed by atoms with Crippen LogP contribution >= 0.6 is 23.2 Å². The Hall–Kier alpha value is -3.62. The van der Waals surface area contributed by atoms with Crippen LogP contribution in [0.2, 0.25) is 5.02 Å². The minimum atomic E-state index is -0.546. The van der Waals surface area contributed by atoms with Crippen LogP contribution in [0.1, 0.15) is 28.2 Å². The molecule has 4 N–H and O–H groups in total. The third-order valence-corrected chi connectivity index (χ3v) is 5.83. The number of alkyl halides is 1. The van der Waals surface area contributed by atoms with Gasteiger partial charge in [0.2, 0.25) is 0 Å². The maximum Gasteiger partial charge on any atom is 0.276 e. The number of amides is 1. The Bertz CT molecular complexity index is 1320. The number of hydrogen-bond acceptors (Lipinski definition) is 4. The molecule has 1 aliphatic carbocycles. The summed E-state index contributed by atoms with van der Waals surface area (Å²) in [7, 11) is 0. The van der Waals surface area contributed by atoms with Crippen LogP contribution in [0.4, 0.5) is 10.1 Å². The number of carbonyl (C=O) groups is 1. The van der Waals surface area contributed by atoms with Gasteiger partial charge in [-0.25, -0.2) is 9.07 Å². The second-order valence-corrected chi connectivity index (χ2v) is 8.51. The Morgan fingerprint density at radius 2 is 2.00 bits per heavy atom. The van der Waals surface area contributed by atoms with Crippen molar-refractivity contribution in [1.82, 2.24) is 9.78 Å². The number of anilines is 1. The molecule has 0 fully saturated rings. The third kappa shape index (κ3) is 4.98. The van der Waals surface area contributed by atoms with Crippen LogP contribution in [0, 0.1) is 5.82 Å². The van der Waals surface area contributed by atoms with Crippen molar-refractivity contribution in [2.75, 3.05) is 5.32 Å². The van der Waals surface area contributed by atoms with E-state index >= 15 is 0 Å². The molecule has 1 heterocycles. The number of allylic oxidation sites excluding steroid dienone is 4. The van der Waals surface area contributed by atoms with E-state index in [1.165, 1.54) is 24.3 Å². The van der Waals surface area contributed by atoms with Crippen molar-refractivity contribution in [3.63, 3.8) is 0 Å². The molecule has 0 saturated carbocycles. The standard InChI is InChI=1S/C24H20Cl2FN5O2/c25-15-7-5-14(6-8-15)23-18(13-21(28)31-34)22(24(33)29-17-11-9-16(27)10-12-17)30-32(23)20-4-2-1-3-19(20)26/h1-7,9-12,15,34H,8,13H2,(H2,28,31)(H,29,33). The maximum absolute atomic E-state index is 13.3. The van der Waals surface area contributed by atoms with Gasteiger partial charge < -0.3 is 16.3 Å². The lowest BCUT2D eigenvalue weighted by atomic mass is 9.97. The number of halogens is 3. The summed E-state index contributed by atoms with van der Waals surface area (Å²) >= 11 is 12.7. The van der Waals surface area contributed by atoms with Crippen LogP contribution in [0.25, 0.3) is 11.3 Å². The van der Waals surface area contributed by atoms with E-state index in [-0.39, 0.29) is 23.3 Å². The third-order valence-electron chi connectivity index (χ3n) is 5.19. The van der Waals surface area contributed by atoms with Crippen molar-refractivity contribution in [1.29, 1.82) is 0 Å². The lowest BCUT2D eigenvalue weighted by molar-refractivity contribution is 0.102. The Morgan fingerprint density at radius 3 is 2.65 bits per heavy atom. The smallest absolute Gasteiger partial charge is 0.276 e. The van der Waals surface area contributed by atoms with Crippen LogP contribution in [-0.4, -0.2) is 32.1 Å². The topological polar surface area (TPSA) is 106 Å². The number of oxime groups is 1. The van der Waals surface area contributed by atoms with E-state index in [0.29, 0.717) is 34.1 Å². The van der Waals surface area contributed by atoms with Crippen molar-refractivity contribution in [3.05, 3.63) is 94.6 Å². The predicted molar refractivity (Wildman–Crippen MR) is 131 cm³/mol.